The maximum atomic E-state index is 14.4. The molecule has 5 rings (SSSR count). The number of halogens is 3. The molecule has 2 saturated heterocycles. The van der Waals surface area contributed by atoms with E-state index in [-0.39, 0.29) is 28.9 Å². The average Bonchev–Trinajstić information content (AvgIpc) is 2.86. The summed E-state index contributed by atoms with van der Waals surface area (Å²) >= 11 is 0. The summed E-state index contributed by atoms with van der Waals surface area (Å²) in [7, 11) is 0. The number of likely N-dealkylation sites (tertiary alicyclic amines) is 1. The molecule has 0 bridgehead atoms. The monoisotopic (exact) mass is 589 g/mol. The molecular weight excluding hydrogens is 551 g/mol. The first-order valence-corrected chi connectivity index (χ1v) is 14.4. The fraction of sp³-hybridized carbons (Fsp3) is 0.600. The van der Waals surface area contributed by atoms with Gasteiger partial charge in [-0.2, -0.15) is 0 Å². The van der Waals surface area contributed by atoms with E-state index >= 15 is 0 Å². The summed E-state index contributed by atoms with van der Waals surface area (Å²) in [5.74, 6) is -3.09. The van der Waals surface area contributed by atoms with Gasteiger partial charge in [-0.15, -0.1) is 0 Å². The summed E-state index contributed by atoms with van der Waals surface area (Å²) in [4.78, 5) is 39.8. The van der Waals surface area contributed by atoms with Crippen LogP contribution in [-0.4, -0.2) is 81.6 Å². The van der Waals surface area contributed by atoms with Crippen LogP contribution in [0.2, 0.25) is 0 Å². The summed E-state index contributed by atoms with van der Waals surface area (Å²) < 4.78 is 53.3. The summed E-state index contributed by atoms with van der Waals surface area (Å²) in [6, 6.07) is 2.61. The van der Waals surface area contributed by atoms with Crippen LogP contribution in [0.4, 0.5) is 23.8 Å². The number of ether oxygens (including phenoxy) is 2. The molecule has 0 unspecified atom stereocenters. The van der Waals surface area contributed by atoms with E-state index in [2.05, 4.69) is 14.9 Å². The Labute approximate surface area is 244 Å². The van der Waals surface area contributed by atoms with E-state index in [1.807, 2.05) is 20.8 Å². The average molecular weight is 590 g/mol. The fourth-order valence-electron chi connectivity index (χ4n) is 6.00. The Bertz CT molecular complexity index is 1320. The number of nitrogens with zero attached hydrogens (tertiary/aromatic N) is 5. The van der Waals surface area contributed by atoms with E-state index in [1.54, 1.807) is 18.7 Å². The van der Waals surface area contributed by atoms with Crippen molar-refractivity contribution in [1.29, 1.82) is 0 Å². The molecule has 2 aromatic rings. The van der Waals surface area contributed by atoms with Gasteiger partial charge in [-0.3, -0.25) is 4.79 Å². The summed E-state index contributed by atoms with van der Waals surface area (Å²) in [6.07, 6.45) is 3.40. The molecular formula is C30H38F3N5O4. The Morgan fingerprint density at radius 1 is 1.10 bits per heavy atom. The molecule has 1 aromatic heterocycles. The van der Waals surface area contributed by atoms with Crippen molar-refractivity contribution in [2.24, 2.45) is 5.41 Å². The molecule has 1 saturated carbocycles. The molecule has 9 nitrogen and oxygen atoms in total. The topological polar surface area (TPSA) is 88.1 Å². The second-order valence-electron chi connectivity index (χ2n) is 13.0. The molecule has 228 valence electrons. The maximum absolute atomic E-state index is 14.4. The Balaban J connectivity index is 1.29. The van der Waals surface area contributed by atoms with Crippen LogP contribution in [0, 0.1) is 11.2 Å². The van der Waals surface area contributed by atoms with Crippen LogP contribution < -0.4 is 9.64 Å². The third-order valence-electron chi connectivity index (χ3n) is 8.13. The van der Waals surface area contributed by atoms with Gasteiger partial charge in [-0.05, 0) is 65.7 Å². The number of alkyl halides is 2. The molecule has 1 aromatic carbocycles. The largest absolute Gasteiger partial charge is 0.451 e. The highest BCUT2D eigenvalue weighted by molar-refractivity contribution is 5.97. The van der Waals surface area contributed by atoms with Gasteiger partial charge in [0, 0.05) is 56.5 Å². The van der Waals surface area contributed by atoms with Crippen LogP contribution in [-0.2, 0) is 4.74 Å². The molecule has 42 heavy (non-hydrogen) atoms. The SMILES string of the molecule is CC(C)N(C(=O)c1cc(F)ccc1Oc1cncnc1N1CC2(CCN(C(=O)OC(C)(C)C)CC2)C1)C1CC(F)(F)C1. The molecule has 2 amide bonds. The van der Waals surface area contributed by atoms with Gasteiger partial charge in [0.05, 0.1) is 11.8 Å². The molecule has 3 heterocycles. The van der Waals surface area contributed by atoms with Gasteiger partial charge in [0.15, 0.2) is 11.6 Å². The van der Waals surface area contributed by atoms with Gasteiger partial charge in [-0.25, -0.2) is 27.9 Å². The number of hydrogen-bond acceptors (Lipinski definition) is 7. The van der Waals surface area contributed by atoms with Crippen LogP contribution in [0.1, 0.15) is 70.7 Å². The first-order valence-electron chi connectivity index (χ1n) is 14.4. The van der Waals surface area contributed by atoms with E-state index < -0.39 is 42.1 Å². The van der Waals surface area contributed by atoms with Crippen LogP contribution in [0.15, 0.2) is 30.7 Å². The number of carbonyl (C=O) groups excluding carboxylic acids is 2. The van der Waals surface area contributed by atoms with Crippen LogP contribution in [0.25, 0.3) is 0 Å². The fourth-order valence-corrected chi connectivity index (χ4v) is 6.00. The Morgan fingerprint density at radius 2 is 1.76 bits per heavy atom. The van der Waals surface area contributed by atoms with Crippen molar-refractivity contribution in [2.45, 2.75) is 83.9 Å². The number of piperidine rings is 1. The molecule has 1 aliphatic carbocycles. The lowest BCUT2D eigenvalue weighted by molar-refractivity contribution is -0.120. The standard InChI is InChI=1S/C30H38F3N5O4/c1-19(2)38(21-13-30(32,33)14-21)26(39)22-12-20(31)6-7-23(22)41-24-15-34-18-35-25(24)37-16-29(17-37)8-10-36(11-9-29)27(40)42-28(3,4)5/h6-7,12,15,18-19,21H,8-11,13-14,16-17H2,1-5H3. The number of anilines is 1. The smallest absolute Gasteiger partial charge is 0.410 e. The number of hydrogen-bond donors (Lipinski definition) is 0. The Kier molecular flexibility index (Phi) is 7.78. The summed E-state index contributed by atoms with van der Waals surface area (Å²) in [5.41, 5.74) is -0.569. The third kappa shape index (κ3) is 6.27. The number of carbonyl (C=O) groups is 2. The van der Waals surface area contributed by atoms with E-state index in [0.717, 1.165) is 18.9 Å². The third-order valence-corrected chi connectivity index (χ3v) is 8.13. The van der Waals surface area contributed by atoms with Crippen molar-refractivity contribution < 1.29 is 32.2 Å². The van der Waals surface area contributed by atoms with E-state index in [0.29, 0.717) is 37.7 Å². The first kappa shape index (κ1) is 29.9. The van der Waals surface area contributed by atoms with Gasteiger partial charge in [0.2, 0.25) is 0 Å². The van der Waals surface area contributed by atoms with Gasteiger partial charge in [0.25, 0.3) is 11.8 Å². The number of benzene rings is 1. The predicted molar refractivity (Wildman–Crippen MR) is 149 cm³/mol. The Hall–Kier alpha value is -3.57. The van der Waals surface area contributed by atoms with Crippen molar-refractivity contribution in [3.05, 3.63) is 42.1 Å². The normalized spacial score (nSPS) is 19.7. The van der Waals surface area contributed by atoms with Crippen molar-refractivity contribution in [3.8, 4) is 11.5 Å². The molecule has 3 aliphatic rings. The second-order valence-corrected chi connectivity index (χ2v) is 13.0. The quantitative estimate of drug-likeness (QED) is 0.415. The number of amides is 2. The molecule has 1 spiro atoms. The van der Waals surface area contributed by atoms with Crippen LogP contribution in [0.5, 0.6) is 11.5 Å². The summed E-state index contributed by atoms with van der Waals surface area (Å²) in [6.45, 7) is 11.7. The molecule has 3 fully saturated rings. The first-order chi connectivity index (χ1) is 19.7. The van der Waals surface area contributed by atoms with Gasteiger partial charge in [-0.1, -0.05) is 0 Å². The lowest BCUT2D eigenvalue weighted by atomic mass is 9.72. The Morgan fingerprint density at radius 3 is 2.36 bits per heavy atom. The minimum atomic E-state index is -2.81. The number of rotatable bonds is 6. The van der Waals surface area contributed by atoms with Crippen molar-refractivity contribution in [1.82, 2.24) is 19.8 Å². The van der Waals surface area contributed by atoms with Gasteiger partial charge >= 0.3 is 6.09 Å². The predicted octanol–water partition coefficient (Wildman–Crippen LogP) is 5.89. The highest BCUT2D eigenvalue weighted by atomic mass is 19.3. The lowest BCUT2D eigenvalue weighted by Gasteiger charge is -2.54. The van der Waals surface area contributed by atoms with E-state index in [4.69, 9.17) is 9.47 Å². The maximum Gasteiger partial charge on any atom is 0.410 e. The zero-order chi connectivity index (χ0) is 30.4. The molecule has 0 atom stereocenters. The molecule has 0 N–H and O–H groups in total. The van der Waals surface area contributed by atoms with Gasteiger partial charge < -0.3 is 24.2 Å². The highest BCUT2D eigenvalue weighted by Crippen LogP contribution is 2.46. The minimum Gasteiger partial charge on any atom is -0.451 e. The number of aromatic nitrogens is 2. The van der Waals surface area contributed by atoms with Crippen molar-refractivity contribution in [3.63, 3.8) is 0 Å². The van der Waals surface area contributed by atoms with E-state index in [1.165, 1.54) is 29.6 Å². The van der Waals surface area contributed by atoms with Crippen molar-refractivity contribution in [2.75, 3.05) is 31.1 Å². The zero-order valence-corrected chi connectivity index (χ0v) is 24.7. The van der Waals surface area contributed by atoms with Crippen LogP contribution >= 0.6 is 0 Å². The highest BCUT2D eigenvalue weighted by Gasteiger charge is 2.50. The van der Waals surface area contributed by atoms with Crippen molar-refractivity contribution >= 4 is 17.8 Å². The van der Waals surface area contributed by atoms with Crippen LogP contribution in [0.3, 0.4) is 0 Å². The molecule has 2 aliphatic heterocycles. The van der Waals surface area contributed by atoms with E-state index in [9.17, 15) is 22.8 Å². The molecule has 12 heteroatoms. The molecule has 0 radical (unpaired) electrons. The lowest BCUT2D eigenvalue weighted by Crippen LogP contribution is -2.61. The second kappa shape index (κ2) is 10.9. The summed E-state index contributed by atoms with van der Waals surface area (Å²) in [5, 5.41) is 0. The minimum absolute atomic E-state index is 0.0281. The zero-order valence-electron chi connectivity index (χ0n) is 24.7. The van der Waals surface area contributed by atoms with Gasteiger partial charge in [0.1, 0.15) is 23.5 Å².